The predicted molar refractivity (Wildman–Crippen MR) is 134 cm³/mol. The highest BCUT2D eigenvalue weighted by Gasteiger charge is 2.20. The Kier molecular flexibility index (Phi) is 8.04. The number of thiazole rings is 1. The maximum atomic E-state index is 12.9. The van der Waals surface area contributed by atoms with Crippen LogP contribution in [0, 0.1) is 12.3 Å². The highest BCUT2D eigenvalue weighted by atomic mass is 32.2. The fourth-order valence-electron chi connectivity index (χ4n) is 3.29. The molecule has 3 aromatic rings. The van der Waals surface area contributed by atoms with Gasteiger partial charge in [0.15, 0.2) is 4.80 Å². The molecule has 0 fully saturated rings. The molecule has 1 aromatic heterocycles. The molecular weight excluding hydrogens is 472 g/mol. The lowest BCUT2D eigenvalue weighted by Crippen LogP contribution is -2.27. The van der Waals surface area contributed by atoms with Crippen LogP contribution in [0.2, 0.25) is 0 Å². The minimum atomic E-state index is -3.62. The van der Waals surface area contributed by atoms with Crippen LogP contribution in [0.3, 0.4) is 0 Å². The van der Waals surface area contributed by atoms with Crippen LogP contribution in [0.1, 0.15) is 37.0 Å². The number of unbranched alkanes of at least 4 members (excludes halogenated alkanes) is 1. The standard InChI is InChI=1S/C24H26N4O4S2/c1-5-7-15-27(4)34(31,32)20-11-8-18(9-12-20)23(30)26-24-28(14-6-2)21-13-10-19(25-17(3)29)16-22(21)33-24/h2,8-13,16H,5,7,14-15H2,1,3-4H3,(H,25,29). The van der Waals surface area contributed by atoms with E-state index in [2.05, 4.69) is 16.2 Å². The number of rotatable bonds is 8. The second-order valence-electron chi connectivity index (χ2n) is 7.66. The van der Waals surface area contributed by atoms with E-state index in [1.165, 1.54) is 46.8 Å². The van der Waals surface area contributed by atoms with E-state index in [1.54, 1.807) is 23.7 Å². The third-order valence-electron chi connectivity index (χ3n) is 5.09. The molecule has 0 atom stereocenters. The average Bonchev–Trinajstić information content (AvgIpc) is 3.13. The number of nitrogens with zero attached hydrogens (tertiary/aromatic N) is 3. The summed E-state index contributed by atoms with van der Waals surface area (Å²) in [4.78, 5) is 29.0. The fraction of sp³-hybridized carbons (Fsp3) is 0.292. The Morgan fingerprint density at radius 3 is 2.53 bits per heavy atom. The number of aromatic nitrogens is 1. The SMILES string of the molecule is C#CCn1c(=NC(=O)c2ccc(S(=O)(=O)N(C)CCCC)cc2)sc2cc(NC(C)=O)ccc21. The number of hydrogen-bond donors (Lipinski definition) is 1. The van der Waals surface area contributed by atoms with Gasteiger partial charge in [0.05, 0.1) is 21.7 Å². The minimum absolute atomic E-state index is 0.123. The van der Waals surface area contributed by atoms with Crippen LogP contribution >= 0.6 is 11.3 Å². The summed E-state index contributed by atoms with van der Waals surface area (Å²) < 4.78 is 29.3. The molecule has 0 aliphatic rings. The van der Waals surface area contributed by atoms with Crippen LogP contribution in [-0.2, 0) is 21.4 Å². The Bertz CT molecular complexity index is 1430. The summed E-state index contributed by atoms with van der Waals surface area (Å²) in [6.45, 7) is 4.07. The molecule has 0 aliphatic carbocycles. The van der Waals surface area contributed by atoms with Crippen LogP contribution in [-0.4, -0.2) is 42.7 Å². The Balaban J connectivity index is 1.94. The second-order valence-corrected chi connectivity index (χ2v) is 10.7. The summed E-state index contributed by atoms with van der Waals surface area (Å²) in [7, 11) is -2.08. The molecule has 8 nitrogen and oxygen atoms in total. The van der Waals surface area contributed by atoms with Gasteiger partial charge in [-0.2, -0.15) is 4.99 Å². The van der Waals surface area contributed by atoms with Crippen LogP contribution in [0.5, 0.6) is 0 Å². The maximum absolute atomic E-state index is 12.9. The Morgan fingerprint density at radius 2 is 1.91 bits per heavy atom. The van der Waals surface area contributed by atoms with Gasteiger partial charge in [0.2, 0.25) is 15.9 Å². The summed E-state index contributed by atoms with van der Waals surface area (Å²) in [6.07, 6.45) is 7.18. The van der Waals surface area contributed by atoms with Crippen LogP contribution in [0.4, 0.5) is 5.69 Å². The molecule has 3 rings (SSSR count). The molecule has 0 saturated heterocycles. The molecule has 0 aliphatic heterocycles. The molecular formula is C24H26N4O4S2. The van der Waals surface area contributed by atoms with E-state index in [9.17, 15) is 18.0 Å². The fourth-order valence-corrected chi connectivity index (χ4v) is 5.56. The molecule has 2 amide bonds. The van der Waals surface area contributed by atoms with E-state index in [0.717, 1.165) is 23.1 Å². The second kappa shape index (κ2) is 10.8. The maximum Gasteiger partial charge on any atom is 0.279 e. The molecule has 0 radical (unpaired) electrons. The molecule has 178 valence electrons. The number of fused-ring (bicyclic) bond motifs is 1. The number of terminal acetylenes is 1. The van der Waals surface area contributed by atoms with Crippen LogP contribution in [0.15, 0.2) is 52.4 Å². The van der Waals surface area contributed by atoms with Crippen molar-refractivity contribution in [1.29, 1.82) is 0 Å². The molecule has 1 N–H and O–H groups in total. The van der Waals surface area contributed by atoms with E-state index >= 15 is 0 Å². The van der Waals surface area contributed by atoms with Crippen molar-refractivity contribution in [2.45, 2.75) is 38.1 Å². The van der Waals surface area contributed by atoms with Gasteiger partial charge in [0.25, 0.3) is 5.91 Å². The van der Waals surface area contributed by atoms with Gasteiger partial charge in [-0.05, 0) is 48.9 Å². The number of nitrogens with one attached hydrogen (secondary N) is 1. The van der Waals surface area contributed by atoms with E-state index in [1.807, 2.05) is 13.0 Å². The van der Waals surface area contributed by atoms with E-state index < -0.39 is 15.9 Å². The Hall–Kier alpha value is -3.26. The molecule has 0 saturated carbocycles. The largest absolute Gasteiger partial charge is 0.326 e. The molecule has 1 heterocycles. The van der Waals surface area contributed by atoms with Crippen molar-refractivity contribution in [2.24, 2.45) is 4.99 Å². The monoisotopic (exact) mass is 498 g/mol. The Morgan fingerprint density at radius 1 is 1.21 bits per heavy atom. The van der Waals surface area contributed by atoms with Crippen molar-refractivity contribution in [2.75, 3.05) is 18.9 Å². The third-order valence-corrected chi connectivity index (χ3v) is 8.00. The van der Waals surface area contributed by atoms with Crippen molar-refractivity contribution >= 4 is 49.1 Å². The average molecular weight is 499 g/mol. The van der Waals surface area contributed by atoms with Crippen molar-refractivity contribution < 1.29 is 18.0 Å². The first-order valence-electron chi connectivity index (χ1n) is 10.7. The number of carbonyl (C=O) groups is 2. The van der Waals surface area contributed by atoms with E-state index in [4.69, 9.17) is 6.42 Å². The zero-order chi connectivity index (χ0) is 24.9. The smallest absolute Gasteiger partial charge is 0.279 e. The topological polar surface area (TPSA) is 101 Å². The first-order chi connectivity index (χ1) is 16.2. The zero-order valence-corrected chi connectivity index (χ0v) is 20.9. The number of benzene rings is 2. The quantitative estimate of drug-likeness (QED) is 0.481. The summed E-state index contributed by atoms with van der Waals surface area (Å²) in [5.41, 5.74) is 1.69. The minimum Gasteiger partial charge on any atom is -0.326 e. The number of hydrogen-bond acceptors (Lipinski definition) is 5. The van der Waals surface area contributed by atoms with Crippen molar-refractivity contribution in [3.05, 3.63) is 52.8 Å². The summed E-state index contributed by atoms with van der Waals surface area (Å²) in [5, 5.41) is 2.73. The van der Waals surface area contributed by atoms with Crippen LogP contribution < -0.4 is 10.1 Å². The molecule has 0 bridgehead atoms. The lowest BCUT2D eigenvalue weighted by Gasteiger charge is -2.16. The van der Waals surface area contributed by atoms with Gasteiger partial charge in [-0.25, -0.2) is 12.7 Å². The van der Waals surface area contributed by atoms with Crippen LogP contribution in [0.25, 0.3) is 10.2 Å². The number of amides is 2. The summed E-state index contributed by atoms with van der Waals surface area (Å²) >= 11 is 1.27. The molecule has 10 heteroatoms. The van der Waals surface area contributed by atoms with E-state index in [-0.39, 0.29) is 22.9 Å². The molecule has 0 unspecified atom stereocenters. The van der Waals surface area contributed by atoms with Crippen molar-refractivity contribution in [1.82, 2.24) is 8.87 Å². The highest BCUT2D eigenvalue weighted by molar-refractivity contribution is 7.89. The zero-order valence-electron chi connectivity index (χ0n) is 19.2. The number of anilines is 1. The van der Waals surface area contributed by atoms with Gasteiger partial charge in [0, 0.05) is 31.8 Å². The van der Waals surface area contributed by atoms with Gasteiger partial charge in [-0.3, -0.25) is 9.59 Å². The van der Waals surface area contributed by atoms with Crippen molar-refractivity contribution in [3.63, 3.8) is 0 Å². The lowest BCUT2D eigenvalue weighted by molar-refractivity contribution is -0.114. The van der Waals surface area contributed by atoms with Gasteiger partial charge in [-0.1, -0.05) is 30.6 Å². The highest BCUT2D eigenvalue weighted by Crippen LogP contribution is 2.22. The van der Waals surface area contributed by atoms with Gasteiger partial charge >= 0.3 is 0 Å². The van der Waals surface area contributed by atoms with Gasteiger partial charge in [-0.15, -0.1) is 6.42 Å². The van der Waals surface area contributed by atoms with Gasteiger partial charge in [0.1, 0.15) is 0 Å². The first kappa shape index (κ1) is 25.4. The van der Waals surface area contributed by atoms with Gasteiger partial charge < -0.3 is 9.88 Å². The van der Waals surface area contributed by atoms with Crippen molar-refractivity contribution in [3.8, 4) is 12.3 Å². The molecule has 0 spiro atoms. The molecule has 34 heavy (non-hydrogen) atoms. The number of sulfonamides is 1. The first-order valence-corrected chi connectivity index (χ1v) is 12.9. The van der Waals surface area contributed by atoms with E-state index in [0.29, 0.717) is 17.0 Å². The third kappa shape index (κ3) is 5.62. The number of carbonyl (C=O) groups excluding carboxylic acids is 2. The lowest BCUT2D eigenvalue weighted by atomic mass is 10.2. The summed E-state index contributed by atoms with van der Waals surface area (Å²) in [6, 6.07) is 11.1. The Labute approximate surface area is 203 Å². The molecule has 2 aromatic carbocycles. The summed E-state index contributed by atoms with van der Waals surface area (Å²) in [5.74, 6) is 1.87. The predicted octanol–water partition coefficient (Wildman–Crippen LogP) is 3.46. The normalized spacial score (nSPS) is 12.1.